The summed E-state index contributed by atoms with van der Waals surface area (Å²) in [6, 6.07) is 3.17. The third-order valence-electron chi connectivity index (χ3n) is 6.80. The number of pyridine rings is 1. The molecule has 0 unspecified atom stereocenters. The molecule has 198 valence electrons. The number of halogens is 4. The summed E-state index contributed by atoms with van der Waals surface area (Å²) in [7, 11) is 0. The summed E-state index contributed by atoms with van der Waals surface area (Å²) in [4.78, 5) is 22.7. The Balaban J connectivity index is 1.19. The number of nitrogens with zero attached hydrogens (tertiary/aromatic N) is 4. The quantitative estimate of drug-likeness (QED) is 0.540. The highest BCUT2D eigenvalue weighted by atomic mass is 19.4. The highest BCUT2D eigenvalue weighted by Crippen LogP contribution is 2.35. The summed E-state index contributed by atoms with van der Waals surface area (Å²) < 4.78 is 62.4. The van der Waals surface area contributed by atoms with Gasteiger partial charge in [0.15, 0.2) is 12.4 Å². The van der Waals surface area contributed by atoms with Crippen LogP contribution in [-0.4, -0.2) is 70.1 Å². The van der Waals surface area contributed by atoms with E-state index in [0.29, 0.717) is 69.8 Å². The standard InChI is InChI=1S/C24H31F4N5O3/c1-16-29-20(32-36-16)14-21(34)30-18-4-8-23(25,9-5-18)10-13-33-11-6-17-2-3-22(31-19(17)7-12-33)35-15-24(26,27)28/h2-3,18H,4-15H2,1H3,(H,30,34)/t18-,23+. The second-order valence-electron chi connectivity index (χ2n) is 9.65. The van der Waals surface area contributed by atoms with Gasteiger partial charge in [0.25, 0.3) is 0 Å². The molecule has 4 rings (SSSR count). The lowest BCUT2D eigenvalue weighted by Crippen LogP contribution is -2.43. The molecule has 2 aliphatic rings. The normalized spacial score (nSPS) is 23.1. The van der Waals surface area contributed by atoms with E-state index in [9.17, 15) is 18.0 Å². The van der Waals surface area contributed by atoms with Crippen molar-refractivity contribution < 1.29 is 31.6 Å². The van der Waals surface area contributed by atoms with E-state index in [1.54, 1.807) is 13.0 Å². The number of carbonyl (C=O) groups excluding carboxylic acids is 1. The van der Waals surface area contributed by atoms with Crippen LogP contribution >= 0.6 is 0 Å². The number of fused-ring (bicyclic) bond motifs is 1. The average molecular weight is 514 g/mol. The Bertz CT molecular complexity index is 1040. The molecule has 1 fully saturated rings. The second kappa shape index (κ2) is 11.1. The summed E-state index contributed by atoms with van der Waals surface area (Å²) in [5.74, 6) is 0.512. The molecule has 0 atom stereocenters. The topological polar surface area (TPSA) is 93.4 Å². The van der Waals surface area contributed by atoms with Gasteiger partial charge < -0.3 is 19.5 Å². The molecule has 2 aromatic heterocycles. The van der Waals surface area contributed by atoms with Crippen LogP contribution < -0.4 is 10.1 Å². The Labute approximate surface area is 206 Å². The molecular weight excluding hydrogens is 482 g/mol. The third-order valence-corrected chi connectivity index (χ3v) is 6.80. The van der Waals surface area contributed by atoms with E-state index < -0.39 is 18.5 Å². The van der Waals surface area contributed by atoms with Crippen LogP contribution in [-0.2, 0) is 24.1 Å². The predicted octanol–water partition coefficient (Wildman–Crippen LogP) is 3.51. The van der Waals surface area contributed by atoms with E-state index in [1.807, 2.05) is 0 Å². The Morgan fingerprint density at radius 3 is 2.67 bits per heavy atom. The van der Waals surface area contributed by atoms with Crippen LogP contribution in [0.4, 0.5) is 17.6 Å². The van der Waals surface area contributed by atoms with Crippen LogP contribution in [0.25, 0.3) is 0 Å². The molecule has 8 nitrogen and oxygen atoms in total. The van der Waals surface area contributed by atoms with Gasteiger partial charge in [-0.25, -0.2) is 9.37 Å². The second-order valence-corrected chi connectivity index (χ2v) is 9.65. The van der Waals surface area contributed by atoms with Gasteiger partial charge in [-0.05, 0) is 44.1 Å². The molecular formula is C24H31F4N5O3. The maximum absolute atomic E-state index is 15.5. The van der Waals surface area contributed by atoms with Crippen LogP contribution in [0.2, 0.25) is 0 Å². The van der Waals surface area contributed by atoms with Crippen LogP contribution in [0.1, 0.15) is 55.1 Å². The number of amides is 1. The predicted molar refractivity (Wildman–Crippen MR) is 121 cm³/mol. The van der Waals surface area contributed by atoms with Crippen molar-refractivity contribution >= 4 is 5.91 Å². The van der Waals surface area contributed by atoms with E-state index in [-0.39, 0.29) is 24.2 Å². The zero-order valence-electron chi connectivity index (χ0n) is 20.2. The third kappa shape index (κ3) is 7.62. The average Bonchev–Trinajstić information content (AvgIpc) is 3.11. The Kier molecular flexibility index (Phi) is 8.11. The molecule has 1 aliphatic carbocycles. The van der Waals surface area contributed by atoms with Crippen molar-refractivity contribution in [3.8, 4) is 5.88 Å². The molecule has 1 amide bonds. The monoisotopic (exact) mass is 513 g/mol. The van der Waals surface area contributed by atoms with Crippen molar-refractivity contribution in [2.75, 3.05) is 26.2 Å². The highest BCUT2D eigenvalue weighted by Gasteiger charge is 2.36. The van der Waals surface area contributed by atoms with Crippen molar-refractivity contribution in [3.63, 3.8) is 0 Å². The van der Waals surface area contributed by atoms with Crippen LogP contribution in [0.3, 0.4) is 0 Å². The summed E-state index contributed by atoms with van der Waals surface area (Å²) in [5, 5.41) is 6.66. The lowest BCUT2D eigenvalue weighted by molar-refractivity contribution is -0.154. The fraction of sp³-hybridized carbons (Fsp3) is 0.667. The SMILES string of the molecule is Cc1nc(CC(=O)N[C@H]2CC[C@](F)(CCN3CCc4ccc(OCC(F)(F)F)nc4CC3)CC2)no1. The lowest BCUT2D eigenvalue weighted by Gasteiger charge is -2.35. The van der Waals surface area contributed by atoms with Gasteiger partial charge in [0.1, 0.15) is 5.67 Å². The molecule has 0 saturated heterocycles. The van der Waals surface area contributed by atoms with Crippen molar-refractivity contribution in [3.05, 3.63) is 35.1 Å². The van der Waals surface area contributed by atoms with Crippen LogP contribution in [0.5, 0.6) is 5.88 Å². The molecule has 2 aromatic rings. The van der Waals surface area contributed by atoms with Crippen LogP contribution in [0.15, 0.2) is 16.7 Å². The minimum atomic E-state index is -4.41. The number of aromatic nitrogens is 3. The molecule has 0 radical (unpaired) electrons. The van der Waals surface area contributed by atoms with Gasteiger partial charge in [0.2, 0.25) is 17.7 Å². The molecule has 0 bridgehead atoms. The number of ether oxygens (including phenoxy) is 1. The Hall–Kier alpha value is -2.76. The highest BCUT2D eigenvalue weighted by molar-refractivity contribution is 5.78. The molecule has 36 heavy (non-hydrogen) atoms. The summed E-state index contributed by atoms with van der Waals surface area (Å²) in [6.45, 7) is 2.28. The number of nitrogens with one attached hydrogen (secondary N) is 1. The fourth-order valence-corrected chi connectivity index (χ4v) is 4.79. The molecule has 1 aliphatic heterocycles. The van der Waals surface area contributed by atoms with Gasteiger partial charge in [0.05, 0.1) is 6.42 Å². The smallest absolute Gasteiger partial charge is 0.422 e. The van der Waals surface area contributed by atoms with Crippen LogP contribution in [0, 0.1) is 6.92 Å². The van der Waals surface area contributed by atoms with E-state index in [1.165, 1.54) is 6.07 Å². The maximum atomic E-state index is 15.5. The number of rotatable bonds is 8. The molecule has 1 N–H and O–H groups in total. The zero-order chi connectivity index (χ0) is 25.8. The first-order valence-electron chi connectivity index (χ1n) is 12.3. The number of carbonyl (C=O) groups is 1. The minimum absolute atomic E-state index is 0.0292. The summed E-state index contributed by atoms with van der Waals surface area (Å²) >= 11 is 0. The number of hydrogen-bond donors (Lipinski definition) is 1. The van der Waals surface area contributed by atoms with E-state index in [0.717, 1.165) is 17.8 Å². The number of alkyl halides is 4. The van der Waals surface area contributed by atoms with Gasteiger partial charge >= 0.3 is 6.18 Å². The lowest BCUT2D eigenvalue weighted by atomic mass is 9.81. The molecule has 1 saturated carbocycles. The largest absolute Gasteiger partial charge is 0.468 e. The van der Waals surface area contributed by atoms with Gasteiger partial charge in [-0.3, -0.25) is 4.79 Å². The van der Waals surface area contributed by atoms with E-state index >= 15 is 4.39 Å². The Morgan fingerprint density at radius 1 is 1.22 bits per heavy atom. The first kappa shape index (κ1) is 26.3. The van der Waals surface area contributed by atoms with Gasteiger partial charge in [-0.15, -0.1) is 0 Å². The van der Waals surface area contributed by atoms with Gasteiger partial charge in [0, 0.05) is 50.8 Å². The van der Waals surface area contributed by atoms with Crippen molar-refractivity contribution in [2.24, 2.45) is 0 Å². The molecule has 3 heterocycles. The molecule has 0 spiro atoms. The summed E-state index contributed by atoms with van der Waals surface area (Å²) in [5.41, 5.74) is 0.445. The molecule has 0 aromatic carbocycles. The van der Waals surface area contributed by atoms with Crippen molar-refractivity contribution in [1.29, 1.82) is 0 Å². The van der Waals surface area contributed by atoms with Gasteiger partial charge in [-0.2, -0.15) is 18.2 Å². The molecule has 12 heteroatoms. The zero-order valence-corrected chi connectivity index (χ0v) is 20.2. The van der Waals surface area contributed by atoms with Crippen molar-refractivity contribution in [2.45, 2.75) is 76.2 Å². The van der Waals surface area contributed by atoms with Gasteiger partial charge in [-0.1, -0.05) is 11.2 Å². The Morgan fingerprint density at radius 2 is 1.97 bits per heavy atom. The number of hydrogen-bond acceptors (Lipinski definition) is 7. The number of aryl methyl sites for hydroxylation is 1. The fourth-order valence-electron chi connectivity index (χ4n) is 4.79. The van der Waals surface area contributed by atoms with E-state index in [2.05, 4.69) is 25.3 Å². The van der Waals surface area contributed by atoms with E-state index in [4.69, 9.17) is 9.26 Å². The minimum Gasteiger partial charge on any atom is -0.468 e. The summed E-state index contributed by atoms with van der Waals surface area (Å²) in [6.07, 6.45) is -0.777. The van der Waals surface area contributed by atoms with Crippen molar-refractivity contribution in [1.82, 2.24) is 25.3 Å². The first-order valence-corrected chi connectivity index (χ1v) is 12.3. The first-order chi connectivity index (χ1) is 17.1. The maximum Gasteiger partial charge on any atom is 0.422 e.